The third kappa shape index (κ3) is 6.32. The molecule has 75 heavy (non-hydrogen) atoms. The number of furan rings is 1. The van der Waals surface area contributed by atoms with Gasteiger partial charge in [0.05, 0.1) is 5.41 Å². The summed E-state index contributed by atoms with van der Waals surface area (Å²) in [4.78, 5) is 15.8. The van der Waals surface area contributed by atoms with Crippen molar-refractivity contribution in [3.8, 4) is 89.8 Å². The minimum absolute atomic E-state index is 0.368. The van der Waals surface area contributed by atoms with Gasteiger partial charge in [-0.15, -0.1) is 11.3 Å². The van der Waals surface area contributed by atoms with Crippen LogP contribution in [0.15, 0.2) is 253 Å². The van der Waals surface area contributed by atoms with Crippen LogP contribution in [-0.4, -0.2) is 15.0 Å². The first-order valence-electron chi connectivity index (χ1n) is 25.5. The summed E-state index contributed by atoms with van der Waals surface area (Å²) in [5.41, 5.74) is 21.4. The fourth-order valence-corrected chi connectivity index (χ4v) is 13.5. The minimum Gasteiger partial charge on any atom is -0.456 e. The fraction of sp³-hybridized carbons (Fsp3) is 0.0143. The fourth-order valence-electron chi connectivity index (χ4n) is 12.4. The van der Waals surface area contributed by atoms with Gasteiger partial charge in [0.2, 0.25) is 0 Å². The smallest absolute Gasteiger partial charge is 0.164 e. The first kappa shape index (κ1) is 42.0. The normalized spacial score (nSPS) is 12.9. The average molecular weight is 972 g/mol. The van der Waals surface area contributed by atoms with Crippen molar-refractivity contribution in [3.63, 3.8) is 0 Å². The molecule has 0 amide bonds. The van der Waals surface area contributed by atoms with Crippen molar-refractivity contribution in [2.75, 3.05) is 0 Å². The molecule has 0 atom stereocenters. The highest BCUT2D eigenvalue weighted by molar-refractivity contribution is 7.25. The monoisotopic (exact) mass is 971 g/mol. The van der Waals surface area contributed by atoms with Crippen LogP contribution >= 0.6 is 11.3 Å². The van der Waals surface area contributed by atoms with E-state index >= 15 is 0 Å². The largest absolute Gasteiger partial charge is 0.456 e. The topological polar surface area (TPSA) is 51.8 Å². The Hall–Kier alpha value is -9.55. The third-order valence-electron chi connectivity index (χ3n) is 15.8. The molecule has 0 N–H and O–H groups in total. The summed E-state index contributed by atoms with van der Waals surface area (Å²) in [5, 5.41) is 4.39. The summed E-state index contributed by atoms with van der Waals surface area (Å²) in [6, 6.07) is 89.9. The number of fused-ring (bicyclic) bond motifs is 16. The van der Waals surface area contributed by atoms with E-state index in [9.17, 15) is 0 Å². The molecule has 2 aliphatic rings. The molecule has 3 heterocycles. The molecule has 0 radical (unpaired) electrons. The van der Waals surface area contributed by atoms with Crippen LogP contribution in [0.4, 0.5) is 0 Å². The Morgan fingerprint density at radius 3 is 1.53 bits per heavy atom. The van der Waals surface area contributed by atoms with E-state index in [4.69, 9.17) is 19.4 Å². The zero-order valence-corrected chi connectivity index (χ0v) is 41.1. The van der Waals surface area contributed by atoms with E-state index in [1.165, 1.54) is 70.2 Å². The van der Waals surface area contributed by atoms with E-state index in [-0.39, 0.29) is 5.41 Å². The van der Waals surface area contributed by atoms with Crippen molar-refractivity contribution in [1.82, 2.24) is 15.0 Å². The lowest BCUT2D eigenvalue weighted by atomic mass is 9.70. The second kappa shape index (κ2) is 16.2. The highest BCUT2D eigenvalue weighted by atomic mass is 32.1. The predicted octanol–water partition coefficient (Wildman–Crippen LogP) is 18.5. The van der Waals surface area contributed by atoms with Gasteiger partial charge < -0.3 is 4.42 Å². The van der Waals surface area contributed by atoms with Crippen LogP contribution in [0.2, 0.25) is 0 Å². The molecule has 0 bridgehead atoms. The van der Waals surface area contributed by atoms with Crippen molar-refractivity contribution < 1.29 is 4.42 Å². The Balaban J connectivity index is 0.816. The minimum atomic E-state index is -0.368. The lowest BCUT2D eigenvalue weighted by molar-refractivity contribution is 0.669. The molecule has 3 aromatic heterocycles. The van der Waals surface area contributed by atoms with Crippen molar-refractivity contribution >= 4 is 53.4 Å². The summed E-state index contributed by atoms with van der Waals surface area (Å²) in [7, 11) is 0. The van der Waals surface area contributed by atoms with Crippen LogP contribution in [-0.2, 0) is 5.41 Å². The van der Waals surface area contributed by atoms with E-state index in [0.717, 1.165) is 66.4 Å². The number of benzene rings is 11. The second-order valence-electron chi connectivity index (χ2n) is 19.8. The molecule has 4 nitrogen and oxygen atoms in total. The number of thiophene rings is 1. The molecule has 1 spiro atoms. The highest BCUT2D eigenvalue weighted by Gasteiger charge is 2.51. The van der Waals surface area contributed by atoms with Crippen molar-refractivity contribution in [3.05, 3.63) is 271 Å². The molecule has 0 saturated heterocycles. The summed E-state index contributed by atoms with van der Waals surface area (Å²) in [6.45, 7) is 0. The molecule has 0 saturated carbocycles. The number of hydrogen-bond donors (Lipinski definition) is 0. The predicted molar refractivity (Wildman–Crippen MR) is 309 cm³/mol. The van der Waals surface area contributed by atoms with E-state index in [2.05, 4.69) is 231 Å². The number of rotatable bonds is 6. The highest BCUT2D eigenvalue weighted by Crippen LogP contribution is 2.63. The lowest BCUT2D eigenvalue weighted by Gasteiger charge is -2.30. The molecule has 0 fully saturated rings. The molecule has 14 aromatic rings. The van der Waals surface area contributed by atoms with Crippen molar-refractivity contribution in [1.29, 1.82) is 0 Å². The first-order valence-corrected chi connectivity index (χ1v) is 26.3. The molecule has 5 heteroatoms. The van der Waals surface area contributed by atoms with Gasteiger partial charge in [0.25, 0.3) is 0 Å². The van der Waals surface area contributed by atoms with Crippen LogP contribution in [0.3, 0.4) is 0 Å². The second-order valence-corrected chi connectivity index (χ2v) is 20.9. The van der Waals surface area contributed by atoms with E-state index in [0.29, 0.717) is 17.5 Å². The van der Waals surface area contributed by atoms with Gasteiger partial charge >= 0.3 is 0 Å². The van der Waals surface area contributed by atoms with E-state index < -0.39 is 0 Å². The van der Waals surface area contributed by atoms with Crippen LogP contribution in [0.5, 0.6) is 0 Å². The van der Waals surface area contributed by atoms with Gasteiger partial charge in [-0.05, 0) is 132 Å². The third-order valence-corrected chi connectivity index (χ3v) is 16.9. The Kier molecular flexibility index (Phi) is 9.09. The Bertz CT molecular complexity index is 4620. The van der Waals surface area contributed by atoms with Crippen LogP contribution in [0.25, 0.3) is 132 Å². The number of aromatic nitrogens is 3. The SMILES string of the molecule is c1ccc(-c2ccc(-c3nc(-c4ccc5sc6ccccc6c5c4)nc(-c4cccc5oc6ccc(-c7cccc(-c8ccc9c(c8)-c8ccccc8C98c9ccccc9-c9ccccc98)c7)cc6c45)n3)cc2)cc1. The molecular formula is C70H41N3OS. The van der Waals surface area contributed by atoms with Gasteiger partial charge in [0.15, 0.2) is 17.5 Å². The molecular weight excluding hydrogens is 931 g/mol. The Morgan fingerprint density at radius 2 is 0.773 bits per heavy atom. The summed E-state index contributed by atoms with van der Waals surface area (Å²) >= 11 is 1.81. The lowest BCUT2D eigenvalue weighted by Crippen LogP contribution is -2.25. The van der Waals surface area contributed by atoms with Gasteiger partial charge in [0, 0.05) is 47.6 Å². The molecule has 16 rings (SSSR count). The zero-order chi connectivity index (χ0) is 49.2. The molecule has 0 aliphatic heterocycles. The Morgan fingerprint density at radius 1 is 0.280 bits per heavy atom. The van der Waals surface area contributed by atoms with Crippen LogP contribution in [0, 0.1) is 0 Å². The van der Waals surface area contributed by atoms with E-state index in [1.807, 2.05) is 18.2 Å². The average Bonchev–Trinajstić information content (AvgIpc) is 4.39. The Labute approximate surface area is 436 Å². The summed E-state index contributed by atoms with van der Waals surface area (Å²) in [5.74, 6) is 1.81. The summed E-state index contributed by atoms with van der Waals surface area (Å²) < 4.78 is 9.14. The molecule has 11 aromatic carbocycles. The van der Waals surface area contributed by atoms with Crippen LogP contribution in [0.1, 0.15) is 22.3 Å². The quantitative estimate of drug-likeness (QED) is 0.167. The van der Waals surface area contributed by atoms with Crippen molar-refractivity contribution in [2.24, 2.45) is 0 Å². The van der Waals surface area contributed by atoms with Gasteiger partial charge in [0.1, 0.15) is 11.2 Å². The number of hydrogen-bond acceptors (Lipinski definition) is 5. The molecule has 348 valence electrons. The molecule has 0 unspecified atom stereocenters. The zero-order valence-electron chi connectivity index (χ0n) is 40.3. The maximum absolute atomic E-state index is 6.65. The molecule has 2 aliphatic carbocycles. The number of nitrogens with zero attached hydrogens (tertiary/aromatic N) is 3. The first-order chi connectivity index (χ1) is 37.1. The van der Waals surface area contributed by atoms with Crippen molar-refractivity contribution in [2.45, 2.75) is 5.41 Å². The van der Waals surface area contributed by atoms with Crippen LogP contribution < -0.4 is 0 Å². The van der Waals surface area contributed by atoms with Gasteiger partial charge in [-0.1, -0.05) is 194 Å². The van der Waals surface area contributed by atoms with Gasteiger partial charge in [-0.25, -0.2) is 15.0 Å². The standard InChI is InChI=1S/C70H41N3OS/c1-2-14-42(15-3-1)43-28-30-44(31-29-43)67-71-68(49-34-37-65-56(41-49)53-21-7-11-27-64(53)75-65)73-69(72-67)54-22-13-26-63-66(54)57-40-48(33-36-62(57)74-63)46-17-12-16-45(38-46)47-32-35-61-55(39-47)52-20-6-10-25-60(52)70(61)58-23-8-4-18-50(58)51-19-5-9-24-59(51)70/h1-41H. The van der Waals surface area contributed by atoms with Gasteiger partial charge in [-0.3, -0.25) is 0 Å². The summed E-state index contributed by atoms with van der Waals surface area (Å²) in [6.07, 6.45) is 0. The maximum atomic E-state index is 6.65. The van der Waals surface area contributed by atoms with Gasteiger partial charge in [-0.2, -0.15) is 0 Å². The maximum Gasteiger partial charge on any atom is 0.164 e. The van der Waals surface area contributed by atoms with E-state index in [1.54, 1.807) is 11.3 Å².